The van der Waals surface area contributed by atoms with Crippen LogP contribution in [0.1, 0.15) is 18.9 Å². The smallest absolute Gasteiger partial charge is 0.0594 e. The first-order valence-electron chi connectivity index (χ1n) is 6.90. The van der Waals surface area contributed by atoms with Gasteiger partial charge in [0, 0.05) is 51.0 Å². The SMILES string of the molecule is CCCn1cc(CNCCN2CCOCC2)cn1. The van der Waals surface area contributed by atoms with Gasteiger partial charge in [-0.1, -0.05) is 6.92 Å². The third kappa shape index (κ3) is 4.40. The Hall–Kier alpha value is -0.910. The molecule has 0 aromatic carbocycles. The highest BCUT2D eigenvalue weighted by atomic mass is 16.5. The lowest BCUT2D eigenvalue weighted by molar-refractivity contribution is 0.0384. The molecule has 2 heterocycles. The van der Waals surface area contributed by atoms with Crippen LogP contribution in [0, 0.1) is 0 Å². The molecule has 5 nitrogen and oxygen atoms in total. The van der Waals surface area contributed by atoms with Crippen molar-refractivity contribution in [1.29, 1.82) is 0 Å². The molecule has 0 atom stereocenters. The van der Waals surface area contributed by atoms with E-state index in [1.807, 2.05) is 10.9 Å². The van der Waals surface area contributed by atoms with Crippen LogP contribution in [-0.2, 0) is 17.8 Å². The average molecular weight is 252 g/mol. The Labute approximate surface area is 109 Å². The van der Waals surface area contributed by atoms with E-state index in [0.717, 1.165) is 58.9 Å². The maximum absolute atomic E-state index is 5.33. The Morgan fingerprint density at radius 1 is 1.33 bits per heavy atom. The third-order valence-electron chi connectivity index (χ3n) is 3.18. The monoisotopic (exact) mass is 252 g/mol. The molecule has 1 saturated heterocycles. The first kappa shape index (κ1) is 13.5. The fourth-order valence-electron chi connectivity index (χ4n) is 2.14. The van der Waals surface area contributed by atoms with Crippen LogP contribution in [0.4, 0.5) is 0 Å². The van der Waals surface area contributed by atoms with Gasteiger partial charge >= 0.3 is 0 Å². The van der Waals surface area contributed by atoms with Gasteiger partial charge in [-0.15, -0.1) is 0 Å². The molecule has 1 N–H and O–H groups in total. The van der Waals surface area contributed by atoms with Gasteiger partial charge in [0.15, 0.2) is 0 Å². The van der Waals surface area contributed by atoms with Gasteiger partial charge in [0.2, 0.25) is 0 Å². The summed E-state index contributed by atoms with van der Waals surface area (Å²) >= 11 is 0. The second-order valence-corrected chi connectivity index (χ2v) is 4.74. The summed E-state index contributed by atoms with van der Waals surface area (Å²) in [6, 6.07) is 0. The van der Waals surface area contributed by atoms with Crippen LogP contribution in [0.5, 0.6) is 0 Å². The van der Waals surface area contributed by atoms with E-state index in [9.17, 15) is 0 Å². The summed E-state index contributed by atoms with van der Waals surface area (Å²) in [5.74, 6) is 0. The lowest BCUT2D eigenvalue weighted by atomic mass is 10.3. The molecule has 1 aromatic heterocycles. The van der Waals surface area contributed by atoms with Crippen LogP contribution in [0.3, 0.4) is 0 Å². The van der Waals surface area contributed by atoms with Gasteiger partial charge in [-0.2, -0.15) is 5.10 Å². The molecule has 0 aliphatic carbocycles. The van der Waals surface area contributed by atoms with Gasteiger partial charge < -0.3 is 10.1 Å². The maximum Gasteiger partial charge on any atom is 0.0594 e. The predicted molar refractivity (Wildman–Crippen MR) is 71.5 cm³/mol. The molecule has 1 fully saturated rings. The Bertz CT molecular complexity index is 333. The van der Waals surface area contributed by atoms with E-state index in [1.165, 1.54) is 5.56 Å². The molecule has 18 heavy (non-hydrogen) atoms. The van der Waals surface area contributed by atoms with E-state index in [1.54, 1.807) is 0 Å². The molecule has 5 heteroatoms. The molecule has 102 valence electrons. The minimum atomic E-state index is 0.879. The number of hydrogen-bond donors (Lipinski definition) is 1. The van der Waals surface area contributed by atoms with Crippen molar-refractivity contribution in [3.63, 3.8) is 0 Å². The van der Waals surface area contributed by atoms with Gasteiger partial charge in [-0.3, -0.25) is 9.58 Å². The van der Waals surface area contributed by atoms with Crippen LogP contribution in [0.15, 0.2) is 12.4 Å². The molecular formula is C13H24N4O. The van der Waals surface area contributed by atoms with E-state index >= 15 is 0 Å². The molecule has 0 unspecified atom stereocenters. The van der Waals surface area contributed by atoms with E-state index in [4.69, 9.17) is 4.74 Å². The van der Waals surface area contributed by atoms with Crippen molar-refractivity contribution in [2.75, 3.05) is 39.4 Å². The molecule has 0 amide bonds. The summed E-state index contributed by atoms with van der Waals surface area (Å²) < 4.78 is 7.34. The van der Waals surface area contributed by atoms with Crippen molar-refractivity contribution in [2.24, 2.45) is 0 Å². The largest absolute Gasteiger partial charge is 0.379 e. The van der Waals surface area contributed by atoms with Crippen molar-refractivity contribution in [2.45, 2.75) is 26.4 Å². The molecule has 1 aromatic rings. The molecule has 1 aliphatic rings. The average Bonchev–Trinajstić information content (AvgIpc) is 2.84. The zero-order valence-corrected chi connectivity index (χ0v) is 11.3. The molecule has 0 radical (unpaired) electrons. The zero-order valence-electron chi connectivity index (χ0n) is 11.3. The first-order chi connectivity index (χ1) is 8.88. The van der Waals surface area contributed by atoms with E-state index in [2.05, 4.69) is 28.4 Å². The number of morpholine rings is 1. The normalized spacial score (nSPS) is 17.2. The highest BCUT2D eigenvalue weighted by Gasteiger charge is 2.08. The third-order valence-corrected chi connectivity index (χ3v) is 3.18. The summed E-state index contributed by atoms with van der Waals surface area (Å²) in [4.78, 5) is 2.44. The quantitative estimate of drug-likeness (QED) is 0.726. The lowest BCUT2D eigenvalue weighted by Gasteiger charge is -2.26. The molecule has 1 aliphatic heterocycles. The summed E-state index contributed by atoms with van der Waals surface area (Å²) in [7, 11) is 0. The first-order valence-corrected chi connectivity index (χ1v) is 6.90. The van der Waals surface area contributed by atoms with Crippen LogP contribution >= 0.6 is 0 Å². The second-order valence-electron chi connectivity index (χ2n) is 4.74. The van der Waals surface area contributed by atoms with Crippen LogP contribution in [0.25, 0.3) is 0 Å². The molecule has 0 bridgehead atoms. The fraction of sp³-hybridized carbons (Fsp3) is 0.769. The van der Waals surface area contributed by atoms with E-state index in [-0.39, 0.29) is 0 Å². The van der Waals surface area contributed by atoms with Crippen molar-refractivity contribution in [3.8, 4) is 0 Å². The Kier molecular flexibility index (Phi) is 5.64. The molecule has 2 rings (SSSR count). The van der Waals surface area contributed by atoms with Crippen molar-refractivity contribution in [3.05, 3.63) is 18.0 Å². The van der Waals surface area contributed by atoms with Crippen molar-refractivity contribution in [1.82, 2.24) is 20.0 Å². The molecular weight excluding hydrogens is 228 g/mol. The Balaban J connectivity index is 1.59. The summed E-state index contributed by atoms with van der Waals surface area (Å²) in [5.41, 5.74) is 1.27. The number of rotatable bonds is 7. The summed E-state index contributed by atoms with van der Waals surface area (Å²) in [6.07, 6.45) is 5.22. The van der Waals surface area contributed by atoms with Crippen molar-refractivity contribution >= 4 is 0 Å². The number of nitrogens with one attached hydrogen (secondary N) is 1. The highest BCUT2D eigenvalue weighted by Crippen LogP contribution is 1.99. The Morgan fingerprint density at radius 3 is 2.94 bits per heavy atom. The van der Waals surface area contributed by atoms with E-state index < -0.39 is 0 Å². The predicted octanol–water partition coefficient (Wildman–Crippen LogP) is 0.715. The highest BCUT2D eigenvalue weighted by molar-refractivity contribution is 5.03. The van der Waals surface area contributed by atoms with Crippen molar-refractivity contribution < 1.29 is 4.74 Å². The van der Waals surface area contributed by atoms with Crippen LogP contribution < -0.4 is 5.32 Å². The summed E-state index contributed by atoms with van der Waals surface area (Å²) in [6.45, 7) is 10.1. The van der Waals surface area contributed by atoms with E-state index in [0.29, 0.717) is 0 Å². The number of aromatic nitrogens is 2. The minimum Gasteiger partial charge on any atom is -0.379 e. The standard InChI is InChI=1S/C13H24N4O/c1-2-4-17-12-13(11-15-17)10-14-3-5-16-6-8-18-9-7-16/h11-12,14H,2-10H2,1H3. The maximum atomic E-state index is 5.33. The van der Waals surface area contributed by atoms with Gasteiger partial charge in [0.1, 0.15) is 0 Å². The molecule has 0 saturated carbocycles. The Morgan fingerprint density at radius 2 is 2.17 bits per heavy atom. The fourth-order valence-corrected chi connectivity index (χ4v) is 2.14. The number of nitrogens with zero attached hydrogens (tertiary/aromatic N) is 3. The molecule has 0 spiro atoms. The number of hydrogen-bond acceptors (Lipinski definition) is 4. The van der Waals surface area contributed by atoms with Gasteiger partial charge in [0.25, 0.3) is 0 Å². The van der Waals surface area contributed by atoms with Gasteiger partial charge in [-0.05, 0) is 6.42 Å². The number of ether oxygens (including phenoxy) is 1. The van der Waals surface area contributed by atoms with Crippen LogP contribution in [0.2, 0.25) is 0 Å². The topological polar surface area (TPSA) is 42.3 Å². The zero-order chi connectivity index (χ0) is 12.6. The van der Waals surface area contributed by atoms with Gasteiger partial charge in [-0.25, -0.2) is 0 Å². The van der Waals surface area contributed by atoms with Crippen LogP contribution in [-0.4, -0.2) is 54.1 Å². The lowest BCUT2D eigenvalue weighted by Crippen LogP contribution is -2.40. The summed E-state index contributed by atoms with van der Waals surface area (Å²) in [5, 5.41) is 7.79. The minimum absolute atomic E-state index is 0.879. The number of aryl methyl sites for hydroxylation is 1. The van der Waals surface area contributed by atoms with Gasteiger partial charge in [0.05, 0.1) is 19.4 Å². The second kappa shape index (κ2) is 7.51.